The maximum atomic E-state index is 12.3. The molecule has 0 aromatic heterocycles. The van der Waals surface area contributed by atoms with Crippen molar-refractivity contribution in [1.29, 1.82) is 0 Å². The molecular formula is C17H24N4O4. The number of nitroso groups, excluding NO2 is 1. The van der Waals surface area contributed by atoms with Crippen LogP contribution >= 0.6 is 0 Å². The van der Waals surface area contributed by atoms with E-state index in [9.17, 15) is 14.5 Å². The second-order valence-electron chi connectivity index (χ2n) is 7.01. The Kier molecular flexibility index (Phi) is 5.95. The predicted octanol–water partition coefficient (Wildman–Crippen LogP) is 2.91. The Morgan fingerprint density at radius 1 is 1.24 bits per heavy atom. The number of piperidine rings is 1. The summed E-state index contributed by atoms with van der Waals surface area (Å²) in [6.45, 7) is 6.40. The highest BCUT2D eigenvalue weighted by atomic mass is 16.6. The number of anilines is 1. The highest BCUT2D eigenvalue weighted by Crippen LogP contribution is 2.14. The first kappa shape index (κ1) is 18.7. The van der Waals surface area contributed by atoms with Crippen LogP contribution < -0.4 is 10.6 Å². The first-order valence-corrected chi connectivity index (χ1v) is 8.26. The number of ether oxygens (including phenoxy) is 1. The van der Waals surface area contributed by atoms with E-state index in [-0.39, 0.29) is 11.9 Å². The van der Waals surface area contributed by atoms with Gasteiger partial charge in [0.05, 0.1) is 11.8 Å². The van der Waals surface area contributed by atoms with E-state index in [0.717, 1.165) is 12.8 Å². The molecule has 0 aliphatic carbocycles. The molecule has 0 saturated carbocycles. The van der Waals surface area contributed by atoms with Gasteiger partial charge in [0.2, 0.25) is 0 Å². The van der Waals surface area contributed by atoms with Gasteiger partial charge in [-0.1, -0.05) is 0 Å². The Morgan fingerprint density at radius 2 is 1.92 bits per heavy atom. The van der Waals surface area contributed by atoms with Crippen LogP contribution in [-0.4, -0.2) is 41.7 Å². The SMILES string of the molecule is CC(C)(C)OC(=O)Nc1ccc(C(=O)N[C@@H]2CCCN(N=O)C2)cc1. The lowest BCUT2D eigenvalue weighted by Gasteiger charge is -2.28. The Labute approximate surface area is 146 Å². The molecule has 136 valence electrons. The van der Waals surface area contributed by atoms with Crippen LogP contribution in [0.15, 0.2) is 29.6 Å². The summed E-state index contributed by atoms with van der Waals surface area (Å²) in [6.07, 6.45) is 1.08. The number of nitrogens with zero attached hydrogens (tertiary/aromatic N) is 2. The molecule has 0 radical (unpaired) electrons. The molecule has 2 amide bonds. The summed E-state index contributed by atoms with van der Waals surface area (Å²) in [4.78, 5) is 34.6. The van der Waals surface area contributed by atoms with E-state index in [1.54, 1.807) is 45.0 Å². The topological polar surface area (TPSA) is 100 Å². The third-order valence-corrected chi connectivity index (χ3v) is 3.64. The molecule has 8 heteroatoms. The fourth-order valence-corrected chi connectivity index (χ4v) is 2.54. The van der Waals surface area contributed by atoms with Crippen molar-refractivity contribution >= 4 is 17.7 Å². The largest absolute Gasteiger partial charge is 0.444 e. The van der Waals surface area contributed by atoms with Crippen LogP contribution in [-0.2, 0) is 4.74 Å². The third-order valence-electron chi connectivity index (χ3n) is 3.64. The van der Waals surface area contributed by atoms with E-state index in [1.807, 2.05) is 0 Å². The average molecular weight is 348 g/mol. The monoisotopic (exact) mass is 348 g/mol. The number of nitrogens with one attached hydrogen (secondary N) is 2. The lowest BCUT2D eigenvalue weighted by Crippen LogP contribution is -2.45. The van der Waals surface area contributed by atoms with Gasteiger partial charge in [0.15, 0.2) is 0 Å². The first-order valence-electron chi connectivity index (χ1n) is 8.26. The standard InChI is InChI=1S/C17H24N4O4/c1-17(2,3)25-16(23)19-13-8-6-12(7-9-13)15(22)18-14-5-4-10-21(11-14)20-24/h6-9,14H,4-5,10-11H2,1-3H3,(H,18,22)(H,19,23)/t14-/m1/s1. The Balaban J connectivity index is 1.89. The molecule has 8 nitrogen and oxygen atoms in total. The van der Waals surface area contributed by atoms with Gasteiger partial charge in [0, 0.05) is 23.8 Å². The summed E-state index contributed by atoms with van der Waals surface area (Å²) in [5.74, 6) is -0.221. The van der Waals surface area contributed by atoms with Crippen molar-refractivity contribution in [3.05, 3.63) is 34.7 Å². The normalized spacial score (nSPS) is 17.6. The van der Waals surface area contributed by atoms with E-state index >= 15 is 0 Å². The fraction of sp³-hybridized carbons (Fsp3) is 0.529. The van der Waals surface area contributed by atoms with E-state index in [1.165, 1.54) is 5.01 Å². The molecule has 1 aromatic rings. The quantitative estimate of drug-likeness (QED) is 0.815. The Morgan fingerprint density at radius 3 is 2.52 bits per heavy atom. The molecule has 1 fully saturated rings. The second kappa shape index (κ2) is 7.96. The molecule has 1 aromatic carbocycles. The van der Waals surface area contributed by atoms with Gasteiger partial charge in [-0.25, -0.2) is 4.79 Å². The number of benzene rings is 1. The van der Waals surface area contributed by atoms with Gasteiger partial charge in [0.1, 0.15) is 5.60 Å². The summed E-state index contributed by atoms with van der Waals surface area (Å²) in [6, 6.07) is 6.43. The predicted molar refractivity (Wildman–Crippen MR) is 94.2 cm³/mol. The van der Waals surface area contributed by atoms with Crippen molar-refractivity contribution in [2.75, 3.05) is 18.4 Å². The lowest BCUT2D eigenvalue weighted by molar-refractivity contribution is 0.0635. The van der Waals surface area contributed by atoms with Gasteiger partial charge in [0.25, 0.3) is 5.91 Å². The maximum absolute atomic E-state index is 12.3. The van der Waals surface area contributed by atoms with Crippen molar-refractivity contribution in [2.45, 2.75) is 45.3 Å². The molecule has 25 heavy (non-hydrogen) atoms. The summed E-state index contributed by atoms with van der Waals surface area (Å²) in [7, 11) is 0. The zero-order chi connectivity index (χ0) is 18.4. The molecule has 1 aliphatic rings. The summed E-state index contributed by atoms with van der Waals surface area (Å²) in [5, 5.41) is 9.85. The number of hydrogen-bond acceptors (Lipinski definition) is 5. The smallest absolute Gasteiger partial charge is 0.412 e. The van der Waals surface area contributed by atoms with Crippen molar-refractivity contribution < 1.29 is 14.3 Å². The zero-order valence-corrected chi connectivity index (χ0v) is 14.7. The number of carbonyl (C=O) groups is 2. The zero-order valence-electron chi connectivity index (χ0n) is 14.7. The lowest BCUT2D eigenvalue weighted by atomic mass is 10.1. The van der Waals surface area contributed by atoms with Crippen molar-refractivity contribution in [1.82, 2.24) is 10.3 Å². The maximum Gasteiger partial charge on any atom is 0.412 e. The van der Waals surface area contributed by atoms with Gasteiger partial charge >= 0.3 is 6.09 Å². The van der Waals surface area contributed by atoms with Crippen molar-refractivity contribution in [2.24, 2.45) is 5.29 Å². The fourth-order valence-electron chi connectivity index (χ4n) is 2.54. The molecule has 2 rings (SSSR count). The van der Waals surface area contributed by atoms with Crippen LogP contribution in [0, 0.1) is 4.91 Å². The number of carbonyl (C=O) groups excluding carboxylic acids is 2. The summed E-state index contributed by atoms with van der Waals surface area (Å²) in [5.41, 5.74) is 0.444. The van der Waals surface area contributed by atoms with Crippen LogP contribution in [0.3, 0.4) is 0 Å². The minimum atomic E-state index is -0.575. The van der Waals surface area contributed by atoms with Crippen molar-refractivity contribution in [3.63, 3.8) is 0 Å². The number of amides is 2. The molecule has 0 spiro atoms. The van der Waals surface area contributed by atoms with E-state index in [0.29, 0.717) is 24.3 Å². The molecule has 1 atom stereocenters. The Hall–Kier alpha value is -2.64. The number of rotatable bonds is 4. The van der Waals surface area contributed by atoms with E-state index in [2.05, 4.69) is 15.9 Å². The van der Waals surface area contributed by atoms with E-state index in [4.69, 9.17) is 4.74 Å². The molecule has 1 heterocycles. The highest BCUT2D eigenvalue weighted by molar-refractivity contribution is 5.95. The molecule has 0 bridgehead atoms. The average Bonchev–Trinajstić information content (AvgIpc) is 2.53. The first-order chi connectivity index (χ1) is 11.8. The number of hydrogen-bond donors (Lipinski definition) is 2. The van der Waals surface area contributed by atoms with E-state index < -0.39 is 11.7 Å². The van der Waals surface area contributed by atoms with Crippen LogP contribution in [0.25, 0.3) is 0 Å². The summed E-state index contributed by atoms with van der Waals surface area (Å²) < 4.78 is 5.17. The van der Waals surface area contributed by atoms with Gasteiger partial charge < -0.3 is 10.1 Å². The van der Waals surface area contributed by atoms with Crippen LogP contribution in [0.1, 0.15) is 44.0 Å². The second-order valence-corrected chi connectivity index (χ2v) is 7.01. The highest BCUT2D eigenvalue weighted by Gasteiger charge is 2.22. The van der Waals surface area contributed by atoms with Gasteiger partial charge in [-0.05, 0) is 57.9 Å². The van der Waals surface area contributed by atoms with Gasteiger partial charge in [-0.2, -0.15) is 0 Å². The molecule has 1 saturated heterocycles. The van der Waals surface area contributed by atoms with Crippen LogP contribution in [0.4, 0.5) is 10.5 Å². The molecule has 0 unspecified atom stereocenters. The minimum absolute atomic E-state index is 0.0986. The summed E-state index contributed by atoms with van der Waals surface area (Å²) >= 11 is 0. The van der Waals surface area contributed by atoms with Gasteiger partial charge in [-0.15, -0.1) is 4.91 Å². The molecule has 1 aliphatic heterocycles. The van der Waals surface area contributed by atoms with Crippen molar-refractivity contribution in [3.8, 4) is 0 Å². The van der Waals surface area contributed by atoms with Crippen LogP contribution in [0.5, 0.6) is 0 Å². The third kappa shape index (κ3) is 6.06. The van der Waals surface area contributed by atoms with Crippen LogP contribution in [0.2, 0.25) is 0 Å². The molecule has 2 N–H and O–H groups in total. The minimum Gasteiger partial charge on any atom is -0.444 e. The van der Waals surface area contributed by atoms with Gasteiger partial charge in [-0.3, -0.25) is 15.1 Å². The Bertz CT molecular complexity index is 625. The molecular weight excluding hydrogens is 324 g/mol.